The lowest BCUT2D eigenvalue weighted by atomic mass is 10.1. The first-order valence-corrected chi connectivity index (χ1v) is 7.37. The van der Waals surface area contributed by atoms with Gasteiger partial charge in [-0.15, -0.1) is 0 Å². The second-order valence-corrected chi connectivity index (χ2v) is 5.31. The van der Waals surface area contributed by atoms with Crippen molar-refractivity contribution < 1.29 is 0 Å². The lowest BCUT2D eigenvalue weighted by molar-refractivity contribution is 0.558. The molecule has 0 aliphatic carbocycles. The van der Waals surface area contributed by atoms with Gasteiger partial charge < -0.3 is 10.2 Å². The highest BCUT2D eigenvalue weighted by Crippen LogP contribution is 2.25. The predicted molar refractivity (Wildman–Crippen MR) is 86.4 cm³/mol. The van der Waals surface area contributed by atoms with E-state index < -0.39 is 0 Å². The first-order valence-electron chi connectivity index (χ1n) is 7.37. The monoisotopic (exact) mass is 272 g/mol. The molecule has 2 rings (SSSR count). The number of nitrogens with zero attached hydrogens (tertiary/aromatic N) is 3. The van der Waals surface area contributed by atoms with Gasteiger partial charge in [-0.2, -0.15) is 4.98 Å². The van der Waals surface area contributed by atoms with Crippen LogP contribution in [0.2, 0.25) is 0 Å². The summed E-state index contributed by atoms with van der Waals surface area (Å²) >= 11 is 0. The summed E-state index contributed by atoms with van der Waals surface area (Å²) in [6.07, 6.45) is 1.17. The summed E-state index contributed by atoms with van der Waals surface area (Å²) < 4.78 is 0. The van der Waals surface area contributed by atoms with Crippen molar-refractivity contribution in [1.29, 1.82) is 0 Å². The zero-order chi connectivity index (χ0) is 14.5. The molecule has 0 radical (unpaired) electrons. The molecule has 1 atom stereocenters. The zero-order valence-corrected chi connectivity index (χ0v) is 12.8. The summed E-state index contributed by atoms with van der Waals surface area (Å²) in [5, 5.41) is 4.32. The number of para-hydroxylation sites is 1. The van der Waals surface area contributed by atoms with Crippen LogP contribution in [-0.2, 0) is 0 Å². The van der Waals surface area contributed by atoms with E-state index in [0.717, 1.165) is 29.8 Å². The molecular formula is C16H24N4. The smallest absolute Gasteiger partial charge is 0.225 e. The highest BCUT2D eigenvalue weighted by molar-refractivity contribution is 5.90. The van der Waals surface area contributed by atoms with Crippen LogP contribution in [0.1, 0.15) is 27.2 Å². The number of anilines is 2. The van der Waals surface area contributed by atoms with Gasteiger partial charge in [-0.05, 0) is 25.0 Å². The summed E-state index contributed by atoms with van der Waals surface area (Å²) in [4.78, 5) is 11.5. The van der Waals surface area contributed by atoms with E-state index >= 15 is 0 Å². The normalized spacial score (nSPS) is 12.4. The number of fused-ring (bicyclic) bond motifs is 1. The van der Waals surface area contributed by atoms with E-state index in [0.29, 0.717) is 11.9 Å². The van der Waals surface area contributed by atoms with Crippen LogP contribution in [0.25, 0.3) is 10.9 Å². The Morgan fingerprint density at radius 1 is 1.20 bits per heavy atom. The Labute approximate surface area is 121 Å². The molecule has 0 spiro atoms. The van der Waals surface area contributed by atoms with Crippen LogP contribution in [-0.4, -0.2) is 30.1 Å². The van der Waals surface area contributed by atoms with E-state index in [4.69, 9.17) is 0 Å². The van der Waals surface area contributed by atoms with Crippen molar-refractivity contribution in [2.75, 3.05) is 30.4 Å². The summed E-state index contributed by atoms with van der Waals surface area (Å²) in [5.74, 6) is 2.36. The molecule has 1 aromatic heterocycles. The van der Waals surface area contributed by atoms with Crippen molar-refractivity contribution in [1.82, 2.24) is 9.97 Å². The summed E-state index contributed by atoms with van der Waals surface area (Å²) in [6.45, 7) is 8.38. The van der Waals surface area contributed by atoms with Gasteiger partial charge in [-0.3, -0.25) is 0 Å². The molecule has 4 nitrogen and oxygen atoms in total. The van der Waals surface area contributed by atoms with Gasteiger partial charge in [0.05, 0.1) is 5.52 Å². The SMILES string of the molecule is CCNc1nc(N(C)CC(C)CC)c2ccccc2n1. The Kier molecular flexibility index (Phi) is 4.77. The lowest BCUT2D eigenvalue weighted by Gasteiger charge is -2.23. The average Bonchev–Trinajstić information content (AvgIpc) is 2.46. The molecule has 1 heterocycles. The highest BCUT2D eigenvalue weighted by atomic mass is 15.2. The largest absolute Gasteiger partial charge is 0.359 e. The molecule has 0 aliphatic heterocycles. The minimum absolute atomic E-state index is 0.649. The van der Waals surface area contributed by atoms with E-state index in [9.17, 15) is 0 Å². The molecule has 108 valence electrons. The molecule has 4 heteroatoms. The standard InChI is InChI=1S/C16H24N4/c1-5-12(3)11-20(4)15-13-9-7-8-10-14(13)18-16(19-15)17-6-2/h7-10,12H,5-6,11H2,1-4H3,(H,17,18,19). The molecule has 0 saturated carbocycles. The molecule has 0 amide bonds. The molecule has 20 heavy (non-hydrogen) atoms. The highest BCUT2D eigenvalue weighted by Gasteiger charge is 2.13. The topological polar surface area (TPSA) is 41.1 Å². The van der Waals surface area contributed by atoms with Gasteiger partial charge in [-0.1, -0.05) is 32.4 Å². The van der Waals surface area contributed by atoms with Crippen molar-refractivity contribution >= 4 is 22.7 Å². The second kappa shape index (κ2) is 6.55. The number of nitrogens with one attached hydrogen (secondary N) is 1. The number of rotatable bonds is 6. The third-order valence-electron chi connectivity index (χ3n) is 3.56. The Balaban J connectivity index is 2.43. The first kappa shape index (κ1) is 14.6. The predicted octanol–water partition coefficient (Wildman–Crippen LogP) is 3.54. The van der Waals surface area contributed by atoms with Gasteiger partial charge in [0, 0.05) is 25.5 Å². The fourth-order valence-electron chi connectivity index (χ4n) is 2.27. The molecule has 1 aromatic carbocycles. The van der Waals surface area contributed by atoms with E-state index in [1.54, 1.807) is 0 Å². The summed E-state index contributed by atoms with van der Waals surface area (Å²) in [6, 6.07) is 8.19. The van der Waals surface area contributed by atoms with E-state index in [1.807, 2.05) is 18.2 Å². The molecule has 0 bridgehead atoms. The maximum Gasteiger partial charge on any atom is 0.225 e. The minimum atomic E-state index is 0.649. The van der Waals surface area contributed by atoms with Crippen molar-refractivity contribution in [3.63, 3.8) is 0 Å². The number of hydrogen-bond acceptors (Lipinski definition) is 4. The van der Waals surface area contributed by atoms with Crippen LogP contribution >= 0.6 is 0 Å². The molecular weight excluding hydrogens is 248 g/mol. The van der Waals surface area contributed by atoms with Crippen molar-refractivity contribution in [3.8, 4) is 0 Å². The number of aromatic nitrogens is 2. The van der Waals surface area contributed by atoms with Gasteiger partial charge >= 0.3 is 0 Å². The van der Waals surface area contributed by atoms with Crippen LogP contribution in [0, 0.1) is 5.92 Å². The molecule has 2 aromatic rings. The zero-order valence-electron chi connectivity index (χ0n) is 12.8. The van der Waals surface area contributed by atoms with Gasteiger partial charge in [0.15, 0.2) is 0 Å². The van der Waals surface area contributed by atoms with Crippen LogP contribution < -0.4 is 10.2 Å². The number of hydrogen-bond donors (Lipinski definition) is 1. The number of benzene rings is 1. The molecule has 1 N–H and O–H groups in total. The lowest BCUT2D eigenvalue weighted by Crippen LogP contribution is -2.25. The fraction of sp³-hybridized carbons (Fsp3) is 0.500. The van der Waals surface area contributed by atoms with Gasteiger partial charge in [-0.25, -0.2) is 4.98 Å². The minimum Gasteiger partial charge on any atom is -0.359 e. The van der Waals surface area contributed by atoms with E-state index in [-0.39, 0.29) is 0 Å². The van der Waals surface area contributed by atoms with Crippen LogP contribution in [0.15, 0.2) is 24.3 Å². The van der Waals surface area contributed by atoms with E-state index in [2.05, 4.69) is 54.1 Å². The van der Waals surface area contributed by atoms with Crippen LogP contribution in [0.3, 0.4) is 0 Å². The Morgan fingerprint density at radius 3 is 2.65 bits per heavy atom. The third-order valence-corrected chi connectivity index (χ3v) is 3.56. The third kappa shape index (κ3) is 3.18. The van der Waals surface area contributed by atoms with E-state index in [1.165, 1.54) is 6.42 Å². The van der Waals surface area contributed by atoms with Gasteiger partial charge in [0.1, 0.15) is 5.82 Å². The molecule has 0 saturated heterocycles. The van der Waals surface area contributed by atoms with Crippen molar-refractivity contribution in [2.24, 2.45) is 5.92 Å². The quantitative estimate of drug-likeness (QED) is 0.873. The average molecular weight is 272 g/mol. The molecule has 0 fully saturated rings. The summed E-state index contributed by atoms with van der Waals surface area (Å²) in [7, 11) is 2.11. The van der Waals surface area contributed by atoms with Crippen LogP contribution in [0.4, 0.5) is 11.8 Å². The van der Waals surface area contributed by atoms with Crippen molar-refractivity contribution in [3.05, 3.63) is 24.3 Å². The van der Waals surface area contributed by atoms with Crippen molar-refractivity contribution in [2.45, 2.75) is 27.2 Å². The molecule has 1 unspecified atom stereocenters. The Morgan fingerprint density at radius 2 is 1.95 bits per heavy atom. The second-order valence-electron chi connectivity index (χ2n) is 5.31. The Bertz CT molecular complexity index is 567. The maximum atomic E-state index is 4.68. The van der Waals surface area contributed by atoms with Gasteiger partial charge in [0.2, 0.25) is 5.95 Å². The maximum absolute atomic E-state index is 4.68. The molecule has 0 aliphatic rings. The first-order chi connectivity index (χ1) is 9.65. The Hall–Kier alpha value is -1.84. The van der Waals surface area contributed by atoms with Gasteiger partial charge in [0.25, 0.3) is 0 Å². The summed E-state index contributed by atoms with van der Waals surface area (Å²) in [5.41, 5.74) is 0.990. The van der Waals surface area contributed by atoms with Crippen LogP contribution in [0.5, 0.6) is 0 Å². The fourth-order valence-corrected chi connectivity index (χ4v) is 2.27.